The summed E-state index contributed by atoms with van der Waals surface area (Å²) in [6, 6.07) is 4.65. The molecule has 0 fully saturated rings. The minimum atomic E-state index is -0.601. The highest BCUT2D eigenvalue weighted by Gasteiger charge is 2.21. The van der Waals surface area contributed by atoms with E-state index in [1.165, 1.54) is 19.4 Å². The van der Waals surface area contributed by atoms with Crippen molar-refractivity contribution in [2.45, 2.75) is 6.92 Å². The first-order chi connectivity index (χ1) is 9.47. The lowest BCUT2D eigenvalue weighted by Crippen LogP contribution is -2.08. The number of ether oxygens (including phenoxy) is 1. The molecule has 0 saturated carbocycles. The first kappa shape index (κ1) is 13.7. The molecule has 6 heteroatoms. The number of rotatable bonds is 3. The van der Waals surface area contributed by atoms with Crippen LogP contribution in [0.5, 0.6) is 0 Å². The van der Waals surface area contributed by atoms with E-state index in [4.69, 9.17) is 0 Å². The number of aromatic nitrogens is 1. The number of esters is 1. The maximum Gasteiger partial charge on any atom is 0.357 e. The van der Waals surface area contributed by atoms with Crippen LogP contribution in [0, 0.1) is 10.1 Å². The van der Waals surface area contributed by atoms with Gasteiger partial charge >= 0.3 is 5.97 Å². The number of fused-ring (bicyclic) bond motifs is 1. The van der Waals surface area contributed by atoms with Gasteiger partial charge < -0.3 is 4.74 Å². The molecule has 0 atom stereocenters. The average Bonchev–Trinajstić information content (AvgIpc) is 2.43. The minimum absolute atomic E-state index is 0.0612. The zero-order valence-electron chi connectivity index (χ0n) is 11.0. The Morgan fingerprint density at radius 3 is 2.65 bits per heavy atom. The van der Waals surface area contributed by atoms with Gasteiger partial charge in [0.05, 0.1) is 17.4 Å². The predicted molar refractivity (Wildman–Crippen MR) is 74.4 cm³/mol. The minimum Gasteiger partial charge on any atom is -0.464 e. The van der Waals surface area contributed by atoms with E-state index < -0.39 is 10.9 Å². The van der Waals surface area contributed by atoms with Gasteiger partial charge in [0.2, 0.25) is 0 Å². The third-order valence-corrected chi connectivity index (χ3v) is 2.91. The Hall–Kier alpha value is -2.76. The number of pyridine rings is 1. The van der Waals surface area contributed by atoms with Crippen LogP contribution in [0.4, 0.5) is 5.69 Å². The largest absolute Gasteiger partial charge is 0.464 e. The molecule has 0 N–H and O–H groups in total. The van der Waals surface area contributed by atoms with Gasteiger partial charge in [-0.1, -0.05) is 18.7 Å². The van der Waals surface area contributed by atoms with Crippen molar-refractivity contribution < 1.29 is 14.5 Å². The van der Waals surface area contributed by atoms with Gasteiger partial charge in [0.15, 0.2) is 5.69 Å². The summed E-state index contributed by atoms with van der Waals surface area (Å²) in [5.74, 6) is -0.601. The second-order valence-electron chi connectivity index (χ2n) is 4.25. The van der Waals surface area contributed by atoms with Gasteiger partial charge in [-0.15, -0.1) is 0 Å². The highest BCUT2D eigenvalue weighted by atomic mass is 16.6. The molecule has 1 heterocycles. The summed E-state index contributed by atoms with van der Waals surface area (Å²) in [4.78, 5) is 26.3. The summed E-state index contributed by atoms with van der Waals surface area (Å²) in [6.45, 7) is 5.52. The number of carbonyl (C=O) groups is 1. The average molecular weight is 272 g/mol. The van der Waals surface area contributed by atoms with E-state index in [9.17, 15) is 14.9 Å². The molecule has 2 rings (SSSR count). The summed E-state index contributed by atoms with van der Waals surface area (Å²) < 4.78 is 4.68. The van der Waals surface area contributed by atoms with E-state index in [1.807, 2.05) is 0 Å². The summed E-state index contributed by atoms with van der Waals surface area (Å²) in [5.41, 5.74) is 1.10. The Kier molecular flexibility index (Phi) is 3.47. The predicted octanol–water partition coefficient (Wildman–Crippen LogP) is 2.96. The standard InChI is InChI=1S/C14H12N2O4/c1-8(2)12-9-5-4-6-11(16(18)19)10(9)7-15-13(12)14(17)20-3/h4-7H,1H2,2-3H3. The zero-order valence-corrected chi connectivity index (χ0v) is 11.0. The van der Waals surface area contributed by atoms with Gasteiger partial charge in [-0.05, 0) is 12.5 Å². The van der Waals surface area contributed by atoms with Gasteiger partial charge in [0.25, 0.3) is 5.69 Å². The lowest BCUT2D eigenvalue weighted by molar-refractivity contribution is -0.383. The highest BCUT2D eigenvalue weighted by Crippen LogP contribution is 2.31. The van der Waals surface area contributed by atoms with E-state index in [0.717, 1.165) is 0 Å². The number of nitro benzene ring substituents is 1. The second kappa shape index (κ2) is 5.08. The molecule has 0 radical (unpaired) electrons. The van der Waals surface area contributed by atoms with Crippen molar-refractivity contribution >= 4 is 28.0 Å². The maximum atomic E-state index is 11.7. The zero-order chi connectivity index (χ0) is 14.9. The number of hydrogen-bond donors (Lipinski definition) is 0. The van der Waals surface area contributed by atoms with Crippen LogP contribution < -0.4 is 0 Å². The lowest BCUT2D eigenvalue weighted by Gasteiger charge is -2.10. The number of carbonyl (C=O) groups excluding carboxylic acids is 1. The fourth-order valence-electron chi connectivity index (χ4n) is 2.07. The van der Waals surface area contributed by atoms with E-state index in [1.54, 1.807) is 19.1 Å². The molecule has 1 aromatic heterocycles. The molecule has 20 heavy (non-hydrogen) atoms. The van der Waals surface area contributed by atoms with Gasteiger partial charge in [0, 0.05) is 23.2 Å². The third-order valence-electron chi connectivity index (χ3n) is 2.91. The Balaban J connectivity index is 2.90. The fraction of sp³-hybridized carbons (Fsp3) is 0.143. The van der Waals surface area contributed by atoms with Crippen LogP contribution in [0.1, 0.15) is 23.0 Å². The monoisotopic (exact) mass is 272 g/mol. The molecular formula is C14H12N2O4. The Morgan fingerprint density at radius 1 is 1.40 bits per heavy atom. The van der Waals surface area contributed by atoms with Gasteiger partial charge in [-0.3, -0.25) is 10.1 Å². The molecule has 0 bridgehead atoms. The molecule has 0 aliphatic rings. The van der Waals surface area contributed by atoms with Crippen LogP contribution in [-0.2, 0) is 4.74 Å². The molecular weight excluding hydrogens is 260 g/mol. The van der Waals surface area contributed by atoms with Crippen LogP contribution in [0.2, 0.25) is 0 Å². The number of benzene rings is 1. The van der Waals surface area contributed by atoms with Crippen LogP contribution >= 0.6 is 0 Å². The van der Waals surface area contributed by atoms with Crippen molar-refractivity contribution in [1.82, 2.24) is 4.98 Å². The maximum absolute atomic E-state index is 11.7. The summed E-state index contributed by atoms with van der Waals surface area (Å²) in [6.07, 6.45) is 1.31. The van der Waals surface area contributed by atoms with Crippen molar-refractivity contribution in [2.24, 2.45) is 0 Å². The third kappa shape index (κ3) is 2.11. The van der Waals surface area contributed by atoms with E-state index >= 15 is 0 Å². The first-order valence-corrected chi connectivity index (χ1v) is 5.77. The summed E-state index contributed by atoms with van der Waals surface area (Å²) >= 11 is 0. The van der Waals surface area contributed by atoms with Crippen molar-refractivity contribution in [3.05, 3.63) is 52.3 Å². The number of methoxy groups -OCH3 is 1. The number of non-ortho nitro benzene ring substituents is 1. The van der Waals surface area contributed by atoms with E-state index in [-0.39, 0.29) is 11.4 Å². The highest BCUT2D eigenvalue weighted by molar-refractivity contribution is 6.05. The topological polar surface area (TPSA) is 82.3 Å². The van der Waals surface area contributed by atoms with Crippen LogP contribution in [0.25, 0.3) is 16.3 Å². The van der Waals surface area contributed by atoms with Crippen molar-refractivity contribution in [1.29, 1.82) is 0 Å². The molecule has 0 spiro atoms. The van der Waals surface area contributed by atoms with E-state index in [0.29, 0.717) is 21.9 Å². The smallest absolute Gasteiger partial charge is 0.357 e. The molecule has 0 aliphatic heterocycles. The van der Waals surface area contributed by atoms with E-state index in [2.05, 4.69) is 16.3 Å². The van der Waals surface area contributed by atoms with Crippen molar-refractivity contribution in [3.8, 4) is 0 Å². The molecule has 0 aliphatic carbocycles. The SMILES string of the molecule is C=C(C)c1c(C(=O)OC)ncc2c([N+](=O)[O-])cccc12. The van der Waals surface area contributed by atoms with Crippen molar-refractivity contribution in [3.63, 3.8) is 0 Å². The summed E-state index contributed by atoms with van der Waals surface area (Å²) in [5, 5.41) is 12.0. The van der Waals surface area contributed by atoms with Crippen molar-refractivity contribution in [2.75, 3.05) is 7.11 Å². The fourth-order valence-corrected chi connectivity index (χ4v) is 2.07. The number of allylic oxidation sites excluding steroid dienone is 1. The molecule has 0 amide bonds. The number of nitrogens with zero attached hydrogens (tertiary/aromatic N) is 2. The molecule has 0 unspecified atom stereocenters. The Labute approximate surface area is 114 Å². The molecule has 0 saturated heterocycles. The van der Waals surface area contributed by atoms with Crippen LogP contribution in [-0.4, -0.2) is 23.0 Å². The second-order valence-corrected chi connectivity index (χ2v) is 4.25. The summed E-state index contributed by atoms with van der Waals surface area (Å²) in [7, 11) is 1.25. The number of nitro groups is 1. The first-order valence-electron chi connectivity index (χ1n) is 5.77. The lowest BCUT2D eigenvalue weighted by atomic mass is 9.98. The van der Waals surface area contributed by atoms with Gasteiger partial charge in [-0.2, -0.15) is 0 Å². The normalized spacial score (nSPS) is 10.3. The quantitative estimate of drug-likeness (QED) is 0.487. The van der Waals surface area contributed by atoms with Gasteiger partial charge in [-0.25, -0.2) is 9.78 Å². The van der Waals surface area contributed by atoms with Crippen LogP contribution in [0.3, 0.4) is 0 Å². The Bertz CT molecular complexity index is 737. The number of hydrogen-bond acceptors (Lipinski definition) is 5. The molecule has 2 aromatic rings. The molecule has 6 nitrogen and oxygen atoms in total. The Morgan fingerprint density at radius 2 is 2.10 bits per heavy atom. The molecule has 1 aromatic carbocycles. The molecule has 102 valence electrons. The van der Waals surface area contributed by atoms with Crippen LogP contribution in [0.15, 0.2) is 31.0 Å². The van der Waals surface area contributed by atoms with Gasteiger partial charge in [0.1, 0.15) is 0 Å².